The summed E-state index contributed by atoms with van der Waals surface area (Å²) in [5.41, 5.74) is 0. The van der Waals surface area contributed by atoms with Crippen molar-refractivity contribution in [3.8, 4) is 0 Å². The zero-order valence-electron chi connectivity index (χ0n) is 7.54. The summed E-state index contributed by atoms with van der Waals surface area (Å²) in [6.45, 7) is 6.21. The molecule has 72 valence electrons. The number of nitrogens with one attached hydrogen (secondary N) is 1. The molecule has 13 heavy (non-hydrogen) atoms. The average molecular weight is 200 g/mol. The van der Waals surface area contributed by atoms with E-state index in [1.54, 1.807) is 6.20 Å². The minimum atomic E-state index is 0.655. The third kappa shape index (κ3) is 4.70. The van der Waals surface area contributed by atoms with Crippen molar-refractivity contribution in [3.05, 3.63) is 30.3 Å². The van der Waals surface area contributed by atoms with Crippen LogP contribution in [0.3, 0.4) is 0 Å². The van der Waals surface area contributed by atoms with E-state index in [4.69, 9.17) is 11.6 Å². The van der Waals surface area contributed by atoms with Gasteiger partial charge in [-0.25, -0.2) is 4.98 Å². The lowest BCUT2D eigenvalue weighted by molar-refractivity contribution is 0.599. The number of rotatable bonds is 6. The monoisotopic (exact) mass is 199 g/mol. The molecule has 0 saturated carbocycles. The minimum Gasteiger partial charge on any atom is -0.337 e. The van der Waals surface area contributed by atoms with Crippen LogP contribution in [0, 0.1) is 0 Å². The van der Waals surface area contributed by atoms with Gasteiger partial charge in [0.05, 0.1) is 6.33 Å². The Kier molecular flexibility index (Phi) is 4.57. The predicted octanol–water partition coefficient (Wildman–Crippen LogP) is 1.62. The van der Waals surface area contributed by atoms with Crippen molar-refractivity contribution >= 4 is 11.6 Å². The molecule has 1 rings (SSSR count). The molecule has 0 atom stereocenters. The lowest BCUT2D eigenvalue weighted by Gasteiger charge is -2.03. The summed E-state index contributed by atoms with van der Waals surface area (Å²) in [4.78, 5) is 3.96. The van der Waals surface area contributed by atoms with Gasteiger partial charge in [0, 0.05) is 30.5 Å². The number of halogens is 1. The zero-order valence-corrected chi connectivity index (χ0v) is 8.30. The van der Waals surface area contributed by atoms with Gasteiger partial charge in [0.25, 0.3) is 0 Å². The molecule has 0 aromatic carbocycles. The van der Waals surface area contributed by atoms with Crippen molar-refractivity contribution in [1.29, 1.82) is 0 Å². The number of nitrogens with zero attached hydrogens (tertiary/aromatic N) is 2. The first kappa shape index (κ1) is 10.3. The van der Waals surface area contributed by atoms with E-state index in [1.807, 2.05) is 12.5 Å². The molecule has 0 saturated heterocycles. The molecule has 0 amide bonds. The highest BCUT2D eigenvalue weighted by molar-refractivity contribution is 6.29. The van der Waals surface area contributed by atoms with E-state index in [2.05, 4.69) is 21.4 Å². The van der Waals surface area contributed by atoms with Gasteiger partial charge < -0.3 is 9.88 Å². The summed E-state index contributed by atoms with van der Waals surface area (Å²) in [6.07, 6.45) is 6.63. The van der Waals surface area contributed by atoms with Crippen LogP contribution in [0.15, 0.2) is 30.3 Å². The van der Waals surface area contributed by atoms with E-state index < -0.39 is 0 Å². The van der Waals surface area contributed by atoms with E-state index >= 15 is 0 Å². The SMILES string of the molecule is C=C(Cl)CNCCCn1ccnc1. The van der Waals surface area contributed by atoms with Crippen LogP contribution in [0.1, 0.15) is 6.42 Å². The van der Waals surface area contributed by atoms with Crippen molar-refractivity contribution < 1.29 is 0 Å². The van der Waals surface area contributed by atoms with Crippen molar-refractivity contribution in [3.63, 3.8) is 0 Å². The molecule has 0 spiro atoms. The van der Waals surface area contributed by atoms with E-state index in [-0.39, 0.29) is 0 Å². The van der Waals surface area contributed by atoms with Gasteiger partial charge in [-0.15, -0.1) is 0 Å². The lowest BCUT2D eigenvalue weighted by Crippen LogP contribution is -2.17. The Balaban J connectivity index is 1.99. The number of aromatic nitrogens is 2. The summed E-state index contributed by atoms with van der Waals surface area (Å²) < 4.78 is 2.05. The van der Waals surface area contributed by atoms with Crippen molar-refractivity contribution in [2.45, 2.75) is 13.0 Å². The summed E-state index contributed by atoms with van der Waals surface area (Å²) in [6, 6.07) is 0. The van der Waals surface area contributed by atoms with Crippen LogP contribution < -0.4 is 5.32 Å². The average Bonchev–Trinajstić information content (AvgIpc) is 2.55. The Labute approximate surface area is 83.4 Å². The standard InChI is InChI=1S/C9H14ClN3/c1-9(10)7-11-3-2-5-13-6-4-12-8-13/h4,6,8,11H,1-3,5,7H2. The number of hydrogen-bond donors (Lipinski definition) is 1. The van der Waals surface area contributed by atoms with Crippen molar-refractivity contribution in [2.24, 2.45) is 0 Å². The number of aryl methyl sites for hydroxylation is 1. The molecule has 1 heterocycles. The second-order valence-corrected chi connectivity index (χ2v) is 3.38. The third-order valence-electron chi connectivity index (χ3n) is 1.65. The zero-order chi connectivity index (χ0) is 9.52. The first-order valence-electron chi connectivity index (χ1n) is 4.29. The number of hydrogen-bond acceptors (Lipinski definition) is 2. The smallest absolute Gasteiger partial charge is 0.0945 e. The first-order chi connectivity index (χ1) is 6.29. The fourth-order valence-corrected chi connectivity index (χ4v) is 1.12. The Morgan fingerprint density at radius 1 is 1.62 bits per heavy atom. The molecule has 1 N–H and O–H groups in total. The second kappa shape index (κ2) is 5.78. The Morgan fingerprint density at radius 2 is 2.46 bits per heavy atom. The Morgan fingerprint density at radius 3 is 3.08 bits per heavy atom. The van der Waals surface area contributed by atoms with Gasteiger partial charge >= 0.3 is 0 Å². The topological polar surface area (TPSA) is 29.9 Å². The summed E-state index contributed by atoms with van der Waals surface area (Å²) in [7, 11) is 0. The molecule has 0 bridgehead atoms. The maximum atomic E-state index is 5.58. The molecular weight excluding hydrogens is 186 g/mol. The quantitative estimate of drug-likeness (QED) is 0.706. The van der Waals surface area contributed by atoms with E-state index in [0.29, 0.717) is 11.6 Å². The largest absolute Gasteiger partial charge is 0.337 e. The van der Waals surface area contributed by atoms with Crippen LogP contribution >= 0.6 is 11.6 Å². The molecule has 0 unspecified atom stereocenters. The highest BCUT2D eigenvalue weighted by Crippen LogP contribution is 1.93. The van der Waals surface area contributed by atoms with Gasteiger partial charge in [-0.3, -0.25) is 0 Å². The number of imidazole rings is 1. The van der Waals surface area contributed by atoms with Crippen LogP contribution in [-0.4, -0.2) is 22.6 Å². The molecule has 1 aromatic rings. The van der Waals surface area contributed by atoms with Crippen LogP contribution in [0.5, 0.6) is 0 Å². The van der Waals surface area contributed by atoms with E-state index in [0.717, 1.165) is 19.5 Å². The molecule has 1 aromatic heterocycles. The predicted molar refractivity (Wildman–Crippen MR) is 54.7 cm³/mol. The normalized spacial score (nSPS) is 10.2. The van der Waals surface area contributed by atoms with Gasteiger partial charge in [-0.05, 0) is 13.0 Å². The van der Waals surface area contributed by atoms with Crippen LogP contribution in [0.25, 0.3) is 0 Å². The molecule has 3 nitrogen and oxygen atoms in total. The van der Waals surface area contributed by atoms with Gasteiger partial charge in [0.1, 0.15) is 0 Å². The molecule has 0 aliphatic heterocycles. The van der Waals surface area contributed by atoms with E-state index in [1.165, 1.54) is 0 Å². The van der Waals surface area contributed by atoms with Gasteiger partial charge in [-0.1, -0.05) is 18.2 Å². The minimum absolute atomic E-state index is 0.655. The van der Waals surface area contributed by atoms with Crippen LogP contribution in [0.2, 0.25) is 0 Å². The maximum Gasteiger partial charge on any atom is 0.0945 e. The Hall–Kier alpha value is -0.800. The Bertz CT molecular complexity index is 243. The third-order valence-corrected chi connectivity index (χ3v) is 1.78. The molecule has 0 aliphatic rings. The molecular formula is C9H14ClN3. The van der Waals surface area contributed by atoms with Crippen molar-refractivity contribution in [1.82, 2.24) is 14.9 Å². The molecule has 0 radical (unpaired) electrons. The highest BCUT2D eigenvalue weighted by Gasteiger charge is 1.91. The van der Waals surface area contributed by atoms with E-state index in [9.17, 15) is 0 Å². The summed E-state index contributed by atoms with van der Waals surface area (Å²) in [5, 5.41) is 3.84. The second-order valence-electron chi connectivity index (χ2n) is 2.85. The van der Waals surface area contributed by atoms with Gasteiger partial charge in [0.2, 0.25) is 0 Å². The van der Waals surface area contributed by atoms with Crippen LogP contribution in [-0.2, 0) is 6.54 Å². The lowest BCUT2D eigenvalue weighted by atomic mass is 10.4. The summed E-state index contributed by atoms with van der Waals surface area (Å²) >= 11 is 5.58. The van der Waals surface area contributed by atoms with Gasteiger partial charge in [-0.2, -0.15) is 0 Å². The van der Waals surface area contributed by atoms with Crippen molar-refractivity contribution in [2.75, 3.05) is 13.1 Å². The van der Waals surface area contributed by atoms with Crippen LogP contribution in [0.4, 0.5) is 0 Å². The summed E-state index contributed by atoms with van der Waals surface area (Å²) in [5.74, 6) is 0. The first-order valence-corrected chi connectivity index (χ1v) is 4.66. The maximum absolute atomic E-state index is 5.58. The molecule has 0 aliphatic carbocycles. The fraction of sp³-hybridized carbons (Fsp3) is 0.444. The van der Waals surface area contributed by atoms with Gasteiger partial charge in [0.15, 0.2) is 0 Å². The molecule has 4 heteroatoms. The highest BCUT2D eigenvalue weighted by atomic mass is 35.5. The molecule has 0 fully saturated rings. The fourth-order valence-electron chi connectivity index (χ4n) is 1.03.